The minimum Gasteiger partial charge on any atom is -0.393 e. The lowest BCUT2D eigenvalue weighted by Crippen LogP contribution is -2.41. The number of aryl methyl sites for hydroxylation is 1. The molecule has 0 aromatic carbocycles. The van der Waals surface area contributed by atoms with E-state index in [2.05, 4.69) is 20.6 Å². The average molecular weight is 325 g/mol. The van der Waals surface area contributed by atoms with Gasteiger partial charge in [-0.25, -0.2) is 0 Å². The number of nitrogens with two attached hydrogens (primary N) is 1. The molecular formula is C13H17ClN6O2. The Kier molecular flexibility index (Phi) is 3.79. The van der Waals surface area contributed by atoms with Crippen molar-refractivity contribution in [2.24, 2.45) is 13.0 Å². The summed E-state index contributed by atoms with van der Waals surface area (Å²) in [6.45, 7) is 0. The molecule has 9 heteroatoms. The zero-order valence-corrected chi connectivity index (χ0v) is 12.7. The topological polar surface area (TPSA) is 122 Å². The Morgan fingerprint density at radius 3 is 2.86 bits per heavy atom. The third-order valence-electron chi connectivity index (χ3n) is 3.95. The van der Waals surface area contributed by atoms with Crippen LogP contribution in [-0.2, 0) is 7.05 Å². The summed E-state index contributed by atoms with van der Waals surface area (Å²) in [7, 11) is 1.81. The van der Waals surface area contributed by atoms with Gasteiger partial charge in [-0.15, -0.1) is 0 Å². The number of carbonyl (C=O) groups is 1. The molecule has 0 saturated heterocycles. The SMILES string of the molecule is Cn1cc(C(NC(=O)c2[nH]nc(N)c2Cl)C2CC(O)C2)cn1. The lowest BCUT2D eigenvalue weighted by atomic mass is 9.75. The van der Waals surface area contributed by atoms with Gasteiger partial charge >= 0.3 is 0 Å². The zero-order chi connectivity index (χ0) is 15.9. The fourth-order valence-corrected chi connectivity index (χ4v) is 2.85. The maximum absolute atomic E-state index is 12.4. The van der Waals surface area contributed by atoms with E-state index in [9.17, 15) is 9.90 Å². The first-order valence-electron chi connectivity index (χ1n) is 6.92. The molecule has 1 saturated carbocycles. The molecular weight excluding hydrogens is 308 g/mol. The number of nitrogen functional groups attached to an aromatic ring is 1. The number of hydrogen-bond acceptors (Lipinski definition) is 5. The first kappa shape index (κ1) is 14.9. The molecule has 1 aliphatic carbocycles. The van der Waals surface area contributed by atoms with Crippen molar-refractivity contribution in [1.29, 1.82) is 0 Å². The van der Waals surface area contributed by atoms with Gasteiger partial charge < -0.3 is 16.2 Å². The van der Waals surface area contributed by atoms with Crippen LogP contribution in [0.4, 0.5) is 5.82 Å². The maximum atomic E-state index is 12.4. The number of nitrogens with one attached hydrogen (secondary N) is 2. The monoisotopic (exact) mass is 324 g/mol. The predicted octanol–water partition coefficient (Wildman–Crippen LogP) is 0.621. The van der Waals surface area contributed by atoms with Crippen molar-refractivity contribution >= 4 is 23.3 Å². The lowest BCUT2D eigenvalue weighted by molar-refractivity contribution is 0.0234. The van der Waals surface area contributed by atoms with Gasteiger partial charge in [0.15, 0.2) is 5.82 Å². The molecule has 22 heavy (non-hydrogen) atoms. The van der Waals surface area contributed by atoms with Crippen molar-refractivity contribution in [2.75, 3.05) is 5.73 Å². The van der Waals surface area contributed by atoms with E-state index >= 15 is 0 Å². The Labute approximate surface area is 131 Å². The molecule has 1 amide bonds. The maximum Gasteiger partial charge on any atom is 0.271 e. The summed E-state index contributed by atoms with van der Waals surface area (Å²) in [4.78, 5) is 12.4. The van der Waals surface area contributed by atoms with Crippen LogP contribution >= 0.6 is 11.6 Å². The Hall–Kier alpha value is -2.06. The van der Waals surface area contributed by atoms with Crippen molar-refractivity contribution in [3.05, 3.63) is 28.7 Å². The van der Waals surface area contributed by atoms with Crippen molar-refractivity contribution in [3.8, 4) is 0 Å². The third kappa shape index (κ3) is 2.67. The van der Waals surface area contributed by atoms with Gasteiger partial charge in [0.2, 0.25) is 0 Å². The number of nitrogens with zero attached hydrogens (tertiary/aromatic N) is 3. The molecule has 3 rings (SSSR count). The number of rotatable bonds is 4. The molecule has 2 aromatic rings. The minimum atomic E-state index is -0.385. The van der Waals surface area contributed by atoms with E-state index < -0.39 is 0 Å². The van der Waals surface area contributed by atoms with E-state index in [1.165, 1.54) is 0 Å². The largest absolute Gasteiger partial charge is 0.393 e. The van der Waals surface area contributed by atoms with Gasteiger partial charge in [-0.2, -0.15) is 10.2 Å². The fraction of sp³-hybridized carbons (Fsp3) is 0.462. The van der Waals surface area contributed by atoms with E-state index in [1.54, 1.807) is 10.9 Å². The van der Waals surface area contributed by atoms with Crippen LogP contribution in [0.5, 0.6) is 0 Å². The molecule has 1 unspecified atom stereocenters. The number of hydrogen-bond donors (Lipinski definition) is 4. The normalized spacial score (nSPS) is 22.1. The summed E-state index contributed by atoms with van der Waals surface area (Å²) in [6.07, 6.45) is 4.52. The molecule has 0 aliphatic heterocycles. The van der Waals surface area contributed by atoms with Crippen molar-refractivity contribution in [3.63, 3.8) is 0 Å². The Bertz CT molecular complexity index is 691. The van der Waals surface area contributed by atoms with Gasteiger partial charge in [0.1, 0.15) is 10.7 Å². The smallest absolute Gasteiger partial charge is 0.271 e. The summed E-state index contributed by atoms with van der Waals surface area (Å²) < 4.78 is 1.67. The number of H-pyrrole nitrogens is 1. The van der Waals surface area contributed by atoms with E-state index in [0.717, 1.165) is 5.56 Å². The van der Waals surface area contributed by atoms with Gasteiger partial charge in [0.25, 0.3) is 5.91 Å². The quantitative estimate of drug-likeness (QED) is 0.656. The first-order valence-corrected chi connectivity index (χ1v) is 7.30. The second-order valence-electron chi connectivity index (χ2n) is 5.58. The highest BCUT2D eigenvalue weighted by atomic mass is 35.5. The lowest BCUT2D eigenvalue weighted by Gasteiger charge is -2.37. The highest BCUT2D eigenvalue weighted by Crippen LogP contribution is 2.38. The number of aliphatic hydroxyl groups is 1. The van der Waals surface area contributed by atoms with Crippen molar-refractivity contribution in [2.45, 2.75) is 25.0 Å². The number of aromatic nitrogens is 4. The molecule has 8 nitrogen and oxygen atoms in total. The van der Waals surface area contributed by atoms with Gasteiger partial charge in [-0.3, -0.25) is 14.6 Å². The first-order chi connectivity index (χ1) is 10.5. The van der Waals surface area contributed by atoms with Crippen LogP contribution in [0.2, 0.25) is 5.02 Å². The number of aliphatic hydroxyl groups excluding tert-OH is 1. The Morgan fingerprint density at radius 2 is 2.36 bits per heavy atom. The number of halogens is 1. The van der Waals surface area contributed by atoms with Crippen LogP contribution < -0.4 is 11.1 Å². The van der Waals surface area contributed by atoms with Crippen LogP contribution in [0.25, 0.3) is 0 Å². The highest BCUT2D eigenvalue weighted by Gasteiger charge is 2.36. The molecule has 0 radical (unpaired) electrons. The van der Waals surface area contributed by atoms with Gasteiger partial charge in [0.05, 0.1) is 18.3 Å². The average Bonchev–Trinajstić information content (AvgIpc) is 3.00. The molecule has 2 aromatic heterocycles. The molecule has 0 bridgehead atoms. The van der Waals surface area contributed by atoms with Crippen molar-refractivity contribution in [1.82, 2.24) is 25.3 Å². The molecule has 1 fully saturated rings. The summed E-state index contributed by atoms with van der Waals surface area (Å²) in [6, 6.07) is -0.245. The van der Waals surface area contributed by atoms with E-state index in [0.29, 0.717) is 12.8 Å². The number of anilines is 1. The van der Waals surface area contributed by atoms with Crippen LogP contribution in [0, 0.1) is 5.92 Å². The molecule has 118 valence electrons. The highest BCUT2D eigenvalue weighted by molar-refractivity contribution is 6.35. The second kappa shape index (κ2) is 5.62. The number of aromatic amines is 1. The summed E-state index contributed by atoms with van der Waals surface area (Å²) in [5, 5.41) is 22.9. The van der Waals surface area contributed by atoms with Crippen LogP contribution in [0.3, 0.4) is 0 Å². The molecule has 1 aliphatic rings. The van der Waals surface area contributed by atoms with E-state index in [4.69, 9.17) is 17.3 Å². The van der Waals surface area contributed by atoms with Gasteiger partial charge in [-0.1, -0.05) is 11.6 Å². The molecule has 0 spiro atoms. The standard InChI is InChI=1S/C13H17ClN6O2/c1-20-5-7(4-16-20)10(6-2-8(21)3-6)17-13(22)11-9(14)12(15)19-18-11/h4-6,8,10,21H,2-3H2,1H3,(H,17,22)(H3,15,18,19). The van der Waals surface area contributed by atoms with E-state index in [1.807, 2.05) is 13.2 Å². The van der Waals surface area contributed by atoms with Gasteiger partial charge in [-0.05, 0) is 18.8 Å². The van der Waals surface area contributed by atoms with Crippen LogP contribution in [0.1, 0.15) is 34.9 Å². The Balaban J connectivity index is 1.81. The molecule has 2 heterocycles. The third-order valence-corrected chi connectivity index (χ3v) is 4.33. The summed E-state index contributed by atoms with van der Waals surface area (Å²) >= 11 is 5.95. The summed E-state index contributed by atoms with van der Waals surface area (Å²) in [5.74, 6) is -0.143. The zero-order valence-electron chi connectivity index (χ0n) is 12.0. The number of carbonyl (C=O) groups excluding carboxylic acids is 1. The van der Waals surface area contributed by atoms with E-state index in [-0.39, 0.29) is 40.5 Å². The van der Waals surface area contributed by atoms with Crippen molar-refractivity contribution < 1.29 is 9.90 Å². The Morgan fingerprint density at radius 1 is 1.64 bits per heavy atom. The molecule has 5 N–H and O–H groups in total. The van der Waals surface area contributed by atoms with Crippen LogP contribution in [-0.4, -0.2) is 37.1 Å². The van der Waals surface area contributed by atoms with Crippen LogP contribution in [0.15, 0.2) is 12.4 Å². The minimum absolute atomic E-state index is 0.0869. The summed E-state index contributed by atoms with van der Waals surface area (Å²) in [5.41, 5.74) is 6.56. The fourth-order valence-electron chi connectivity index (χ4n) is 2.68. The number of amides is 1. The molecule has 1 atom stereocenters. The second-order valence-corrected chi connectivity index (χ2v) is 5.96. The van der Waals surface area contributed by atoms with Gasteiger partial charge in [0, 0.05) is 18.8 Å². The predicted molar refractivity (Wildman–Crippen MR) is 80.2 cm³/mol.